The average Bonchev–Trinajstić information content (AvgIpc) is 3.41. The minimum absolute atomic E-state index is 0. The van der Waals surface area contributed by atoms with E-state index in [-0.39, 0.29) is 65.4 Å². The van der Waals surface area contributed by atoms with Gasteiger partial charge in [-0.2, -0.15) is 8.75 Å². The number of carboxylic acids is 1. The van der Waals surface area contributed by atoms with Gasteiger partial charge in [0.1, 0.15) is 11.0 Å². The maximum atomic E-state index is 14.2. The first-order valence-electron chi connectivity index (χ1n) is 14.0. The first kappa shape index (κ1) is 35.6. The zero-order chi connectivity index (χ0) is 31.3. The summed E-state index contributed by atoms with van der Waals surface area (Å²) in [6.07, 6.45) is 1.39. The van der Waals surface area contributed by atoms with Crippen LogP contribution in [0.15, 0.2) is 65.1 Å². The number of carbonyl (C=O) groups excluding carboxylic acids is 2. The number of aromatic nitrogens is 2. The molecule has 0 bridgehead atoms. The van der Waals surface area contributed by atoms with Gasteiger partial charge in [-0.3, -0.25) is 4.79 Å². The van der Waals surface area contributed by atoms with Gasteiger partial charge < -0.3 is 24.1 Å². The normalized spacial score (nSPS) is 11.9. The van der Waals surface area contributed by atoms with Crippen molar-refractivity contribution in [1.82, 2.24) is 8.75 Å². The molecule has 0 aliphatic rings. The Labute approximate surface area is 288 Å². The number of thioether (sulfide) groups is 1. The van der Waals surface area contributed by atoms with E-state index in [2.05, 4.69) is 8.75 Å². The predicted octanol–water partition coefficient (Wildman–Crippen LogP) is 3.41. The molecule has 0 spiro atoms. The monoisotopic (exact) mass is 642 g/mol. The fourth-order valence-electron chi connectivity index (χ4n) is 4.52. The zero-order valence-corrected chi connectivity index (χ0v) is 29.9. The van der Waals surface area contributed by atoms with Crippen LogP contribution in [0.25, 0.3) is 16.6 Å². The molecule has 0 unspecified atom stereocenters. The molecular weight excluding hydrogens is 607 g/mol. The quantitative estimate of drug-likeness (QED) is 0.0938. The third-order valence-corrected chi connectivity index (χ3v) is 7.52. The first-order valence-corrected chi connectivity index (χ1v) is 15.9. The van der Waals surface area contributed by atoms with E-state index in [1.165, 1.54) is 0 Å². The van der Waals surface area contributed by atoms with E-state index < -0.39 is 11.8 Å². The fraction of sp³-hybridized carbons (Fsp3) is 0.333. The summed E-state index contributed by atoms with van der Waals surface area (Å²) in [5, 5.41) is 12.8. The summed E-state index contributed by atoms with van der Waals surface area (Å²) in [5.74, 6) is -0.560. The van der Waals surface area contributed by atoms with Crippen molar-refractivity contribution in [3.05, 3.63) is 76.9 Å². The summed E-state index contributed by atoms with van der Waals surface area (Å²) in [5.41, 5.74) is 2.30. The van der Waals surface area contributed by atoms with Crippen molar-refractivity contribution in [1.29, 1.82) is 0 Å². The number of ether oxygens (including phenoxy) is 3. The van der Waals surface area contributed by atoms with Gasteiger partial charge in [-0.25, -0.2) is 0 Å². The van der Waals surface area contributed by atoms with Crippen molar-refractivity contribution < 1.29 is 58.5 Å². The van der Waals surface area contributed by atoms with Crippen LogP contribution in [0.1, 0.15) is 63.0 Å². The van der Waals surface area contributed by atoms with Gasteiger partial charge in [-0.15, -0.1) is 11.8 Å². The zero-order valence-electron chi connectivity index (χ0n) is 26.3. The molecule has 0 saturated heterocycles. The standard InChI is InChI=1S/C33H36N2O6S2.Na/c1-18(2)39-28-15-21(16-29(40-19(3)4)32(28)41-20(5)6)14-25(31(36)22-8-11-24(42-7)12-9-22)30(33(37)38)23-10-13-26-27(17-23)35-43-34-26;/h8-13,15-20H,14H2,1-7H3,(H,37,38);/q;+1/p-1/b30-25+;. The number of Topliss-reactive ketones (excluding diaryl/α,β-unsaturated/α-hetero) is 1. The van der Waals surface area contributed by atoms with Crippen molar-refractivity contribution >= 4 is 51.8 Å². The molecule has 0 saturated carbocycles. The number of benzene rings is 3. The minimum Gasteiger partial charge on any atom is -0.545 e. The van der Waals surface area contributed by atoms with E-state index in [4.69, 9.17) is 14.2 Å². The topological polar surface area (TPSA) is 111 Å². The molecule has 0 atom stereocenters. The molecule has 4 aromatic rings. The van der Waals surface area contributed by atoms with Gasteiger partial charge in [0.15, 0.2) is 17.3 Å². The van der Waals surface area contributed by atoms with Gasteiger partial charge in [0, 0.05) is 28.0 Å². The Morgan fingerprint density at radius 3 is 1.86 bits per heavy atom. The van der Waals surface area contributed by atoms with Crippen LogP contribution in [-0.2, 0) is 11.2 Å². The van der Waals surface area contributed by atoms with Crippen LogP contribution in [0.2, 0.25) is 0 Å². The third-order valence-electron chi connectivity index (χ3n) is 6.21. The Morgan fingerprint density at radius 1 is 0.795 bits per heavy atom. The van der Waals surface area contributed by atoms with Crippen LogP contribution < -0.4 is 48.9 Å². The average molecular weight is 643 g/mol. The number of ketones is 1. The molecule has 226 valence electrons. The number of allylic oxidation sites excluding steroid dienone is 1. The second-order valence-electron chi connectivity index (χ2n) is 10.8. The number of carbonyl (C=O) groups is 2. The first-order chi connectivity index (χ1) is 20.5. The van der Waals surface area contributed by atoms with E-state index in [0.717, 1.165) is 16.6 Å². The van der Waals surface area contributed by atoms with Crippen molar-refractivity contribution in [2.24, 2.45) is 0 Å². The maximum absolute atomic E-state index is 14.2. The molecule has 0 N–H and O–H groups in total. The van der Waals surface area contributed by atoms with Crippen molar-refractivity contribution in [2.45, 2.75) is 71.2 Å². The molecule has 0 aliphatic carbocycles. The van der Waals surface area contributed by atoms with Crippen LogP contribution in [-0.4, -0.2) is 45.1 Å². The predicted molar refractivity (Wildman–Crippen MR) is 169 cm³/mol. The molecule has 11 heteroatoms. The van der Waals surface area contributed by atoms with Gasteiger partial charge in [0.05, 0.1) is 36.0 Å². The number of nitrogens with zero attached hydrogens (tertiary/aromatic N) is 2. The SMILES string of the molecule is CSc1ccc(C(=O)/C(Cc2cc(OC(C)C)c(OC(C)C)c(OC(C)C)c2)=C(/C(=O)[O-])c2ccc3nsnc3c2)cc1.[Na+]. The summed E-state index contributed by atoms with van der Waals surface area (Å²) < 4.78 is 26.9. The van der Waals surface area contributed by atoms with Crippen molar-refractivity contribution in [3.63, 3.8) is 0 Å². The van der Waals surface area contributed by atoms with Gasteiger partial charge in [-0.1, -0.05) is 6.07 Å². The minimum atomic E-state index is -1.47. The number of aliphatic carboxylic acids is 1. The van der Waals surface area contributed by atoms with Gasteiger partial charge in [0.2, 0.25) is 5.75 Å². The van der Waals surface area contributed by atoms with Gasteiger partial charge >= 0.3 is 29.6 Å². The molecule has 1 heterocycles. The molecule has 44 heavy (non-hydrogen) atoms. The Bertz CT molecular complexity index is 1620. The van der Waals surface area contributed by atoms with Crippen LogP contribution in [0.3, 0.4) is 0 Å². The van der Waals surface area contributed by atoms with Crippen LogP contribution in [0.5, 0.6) is 17.2 Å². The molecule has 3 aromatic carbocycles. The summed E-state index contributed by atoms with van der Waals surface area (Å²) in [7, 11) is 0. The molecule has 0 fully saturated rings. The maximum Gasteiger partial charge on any atom is 1.00 e. The largest absolute Gasteiger partial charge is 1.00 e. The van der Waals surface area contributed by atoms with Crippen molar-refractivity contribution in [2.75, 3.05) is 6.26 Å². The van der Waals surface area contributed by atoms with Crippen LogP contribution >= 0.6 is 23.5 Å². The second-order valence-corrected chi connectivity index (χ2v) is 12.2. The summed E-state index contributed by atoms with van der Waals surface area (Å²) in [6.45, 7) is 11.4. The fourth-order valence-corrected chi connectivity index (χ4v) is 5.45. The van der Waals surface area contributed by atoms with E-state index >= 15 is 0 Å². The van der Waals surface area contributed by atoms with E-state index in [1.807, 2.05) is 59.9 Å². The van der Waals surface area contributed by atoms with Crippen LogP contribution in [0, 0.1) is 0 Å². The molecule has 0 radical (unpaired) electrons. The molecule has 0 aliphatic heterocycles. The number of rotatable bonds is 13. The van der Waals surface area contributed by atoms with E-state index in [9.17, 15) is 14.7 Å². The smallest absolute Gasteiger partial charge is 0.545 e. The summed E-state index contributed by atoms with van der Waals surface area (Å²) in [4.78, 5) is 27.9. The molecular formula is C33H35N2NaO6S2. The molecule has 8 nitrogen and oxygen atoms in total. The Balaban J connectivity index is 0.00000529. The summed E-state index contributed by atoms with van der Waals surface area (Å²) >= 11 is 2.58. The third kappa shape index (κ3) is 8.85. The van der Waals surface area contributed by atoms with E-state index in [1.54, 1.807) is 54.2 Å². The Morgan fingerprint density at radius 2 is 1.34 bits per heavy atom. The van der Waals surface area contributed by atoms with Crippen molar-refractivity contribution in [3.8, 4) is 17.2 Å². The van der Waals surface area contributed by atoms with Gasteiger partial charge in [-0.05, 0) is 107 Å². The second kappa shape index (κ2) is 15.9. The van der Waals surface area contributed by atoms with Gasteiger partial charge in [0.25, 0.3) is 0 Å². The summed E-state index contributed by atoms with van der Waals surface area (Å²) in [6, 6.07) is 15.6. The molecule has 1 aromatic heterocycles. The molecule has 0 amide bonds. The number of hydrogen-bond donors (Lipinski definition) is 0. The van der Waals surface area contributed by atoms with Crippen LogP contribution in [0.4, 0.5) is 0 Å². The number of fused-ring (bicyclic) bond motifs is 1. The Kier molecular flexibility index (Phi) is 12.9. The molecule has 4 rings (SSSR count). The Hall–Kier alpha value is -2.89. The number of hydrogen-bond acceptors (Lipinski definition) is 10. The number of carboxylic acid groups (broad SMARTS) is 1. The van der Waals surface area contributed by atoms with E-state index in [0.29, 0.717) is 45.0 Å².